The molecule has 1 aliphatic heterocycles. The van der Waals surface area contributed by atoms with E-state index in [9.17, 15) is 0 Å². The zero-order valence-electron chi connectivity index (χ0n) is 11.7. The fraction of sp³-hybridized carbons (Fsp3) is 0.786. The summed E-state index contributed by atoms with van der Waals surface area (Å²) in [5.41, 5.74) is 1.37. The van der Waals surface area contributed by atoms with E-state index in [1.54, 1.807) is 0 Å². The zero-order chi connectivity index (χ0) is 13.0. The molecule has 102 valence electrons. The summed E-state index contributed by atoms with van der Waals surface area (Å²) in [5.74, 6) is 3.35. The molecule has 2 heterocycles. The number of nitrogens with zero attached hydrogens (tertiary/aromatic N) is 2. The second kappa shape index (κ2) is 6.62. The number of thioether (sulfide) groups is 1. The van der Waals surface area contributed by atoms with Crippen molar-refractivity contribution in [2.24, 2.45) is 5.92 Å². The van der Waals surface area contributed by atoms with E-state index in [4.69, 9.17) is 0 Å². The molecule has 0 aromatic carbocycles. The lowest BCUT2D eigenvalue weighted by molar-refractivity contribution is 0.357. The van der Waals surface area contributed by atoms with Crippen LogP contribution in [0.3, 0.4) is 0 Å². The Hall–Kier alpha value is -0.480. The van der Waals surface area contributed by atoms with Gasteiger partial charge in [0.1, 0.15) is 0 Å². The van der Waals surface area contributed by atoms with E-state index in [1.165, 1.54) is 30.0 Å². The monoisotopic (exact) mass is 267 g/mol. The molecule has 0 saturated carbocycles. The van der Waals surface area contributed by atoms with E-state index in [2.05, 4.69) is 53.7 Å². The Morgan fingerprint density at radius 2 is 2.39 bits per heavy atom. The van der Waals surface area contributed by atoms with E-state index in [0.717, 1.165) is 12.5 Å². The molecule has 1 saturated heterocycles. The summed E-state index contributed by atoms with van der Waals surface area (Å²) in [6, 6.07) is 3.11. The van der Waals surface area contributed by atoms with Crippen molar-refractivity contribution in [3.63, 3.8) is 0 Å². The molecule has 1 aromatic heterocycles. The lowest BCUT2D eigenvalue weighted by atomic mass is 9.96. The van der Waals surface area contributed by atoms with Crippen molar-refractivity contribution in [1.82, 2.24) is 15.1 Å². The third-order valence-electron chi connectivity index (χ3n) is 3.56. The summed E-state index contributed by atoms with van der Waals surface area (Å²) in [4.78, 5) is 0. The summed E-state index contributed by atoms with van der Waals surface area (Å²) < 4.78 is 2.18. The Morgan fingerprint density at radius 1 is 1.56 bits per heavy atom. The molecular formula is C14H25N3S. The second-order valence-corrected chi connectivity index (χ2v) is 6.50. The molecule has 1 N–H and O–H groups in total. The first-order valence-electron chi connectivity index (χ1n) is 7.08. The smallest absolute Gasteiger partial charge is 0.0559 e. The van der Waals surface area contributed by atoms with E-state index >= 15 is 0 Å². The van der Waals surface area contributed by atoms with E-state index in [-0.39, 0.29) is 0 Å². The maximum absolute atomic E-state index is 4.49. The van der Waals surface area contributed by atoms with Crippen molar-refractivity contribution in [1.29, 1.82) is 0 Å². The summed E-state index contributed by atoms with van der Waals surface area (Å²) in [6.07, 6.45) is 4.46. The molecule has 3 nitrogen and oxygen atoms in total. The molecule has 1 aromatic rings. The summed E-state index contributed by atoms with van der Waals surface area (Å²) in [6.45, 7) is 7.73. The Kier molecular flexibility index (Phi) is 5.13. The van der Waals surface area contributed by atoms with E-state index in [0.29, 0.717) is 12.1 Å². The van der Waals surface area contributed by atoms with Gasteiger partial charge in [-0.25, -0.2) is 0 Å². The van der Waals surface area contributed by atoms with Crippen LogP contribution in [-0.2, 0) is 0 Å². The van der Waals surface area contributed by atoms with Crippen LogP contribution < -0.4 is 5.32 Å². The molecule has 2 unspecified atom stereocenters. The topological polar surface area (TPSA) is 29.9 Å². The molecule has 0 bridgehead atoms. The van der Waals surface area contributed by atoms with Crippen molar-refractivity contribution in [2.75, 3.05) is 18.1 Å². The third kappa shape index (κ3) is 3.09. The van der Waals surface area contributed by atoms with Gasteiger partial charge in [-0.3, -0.25) is 4.68 Å². The van der Waals surface area contributed by atoms with Crippen molar-refractivity contribution in [3.05, 3.63) is 18.0 Å². The minimum Gasteiger partial charge on any atom is -0.308 e. The van der Waals surface area contributed by atoms with Crippen LogP contribution in [0.4, 0.5) is 0 Å². The lowest BCUT2D eigenvalue weighted by Gasteiger charge is -2.26. The van der Waals surface area contributed by atoms with Gasteiger partial charge in [0.25, 0.3) is 0 Å². The summed E-state index contributed by atoms with van der Waals surface area (Å²) >= 11 is 2.09. The minimum absolute atomic E-state index is 0.440. The van der Waals surface area contributed by atoms with Gasteiger partial charge in [-0.05, 0) is 56.7 Å². The van der Waals surface area contributed by atoms with Gasteiger partial charge in [-0.15, -0.1) is 0 Å². The predicted molar refractivity (Wildman–Crippen MR) is 79.1 cm³/mol. The van der Waals surface area contributed by atoms with Crippen LogP contribution >= 0.6 is 11.8 Å². The average Bonchev–Trinajstić information content (AvgIpc) is 3.00. The van der Waals surface area contributed by atoms with Crippen molar-refractivity contribution >= 4 is 11.8 Å². The van der Waals surface area contributed by atoms with Gasteiger partial charge in [-0.1, -0.05) is 6.92 Å². The van der Waals surface area contributed by atoms with Gasteiger partial charge >= 0.3 is 0 Å². The van der Waals surface area contributed by atoms with Crippen LogP contribution in [0.15, 0.2) is 12.3 Å². The normalized spacial score (nSPS) is 21.7. The molecule has 0 amide bonds. The van der Waals surface area contributed by atoms with Gasteiger partial charge in [-0.2, -0.15) is 16.9 Å². The Labute approximate surface area is 115 Å². The van der Waals surface area contributed by atoms with Crippen LogP contribution in [0.25, 0.3) is 0 Å². The van der Waals surface area contributed by atoms with E-state index in [1.807, 2.05) is 6.20 Å². The zero-order valence-corrected chi connectivity index (χ0v) is 12.5. The van der Waals surface area contributed by atoms with Crippen molar-refractivity contribution in [2.45, 2.75) is 45.7 Å². The minimum atomic E-state index is 0.440. The van der Waals surface area contributed by atoms with Crippen LogP contribution in [0.2, 0.25) is 0 Å². The average molecular weight is 267 g/mol. The molecular weight excluding hydrogens is 242 g/mol. The third-order valence-corrected chi connectivity index (χ3v) is 4.75. The largest absolute Gasteiger partial charge is 0.308 e. The Bertz CT molecular complexity index is 356. The lowest BCUT2D eigenvalue weighted by Crippen LogP contribution is -2.31. The second-order valence-electron chi connectivity index (χ2n) is 5.35. The highest BCUT2D eigenvalue weighted by Gasteiger charge is 2.28. The molecule has 0 spiro atoms. The summed E-state index contributed by atoms with van der Waals surface area (Å²) in [5, 5.41) is 8.22. The first-order valence-corrected chi connectivity index (χ1v) is 8.24. The first-order chi connectivity index (χ1) is 8.74. The molecule has 4 heteroatoms. The van der Waals surface area contributed by atoms with Crippen LogP contribution in [0.1, 0.15) is 51.4 Å². The van der Waals surface area contributed by atoms with Gasteiger partial charge in [0, 0.05) is 12.2 Å². The van der Waals surface area contributed by atoms with Crippen LogP contribution in [0, 0.1) is 5.92 Å². The van der Waals surface area contributed by atoms with Crippen LogP contribution in [0.5, 0.6) is 0 Å². The number of aromatic nitrogens is 2. The maximum Gasteiger partial charge on any atom is 0.0559 e. The van der Waals surface area contributed by atoms with Gasteiger partial charge in [0.05, 0.1) is 11.7 Å². The van der Waals surface area contributed by atoms with Crippen molar-refractivity contribution in [3.8, 4) is 0 Å². The van der Waals surface area contributed by atoms with Gasteiger partial charge < -0.3 is 5.32 Å². The fourth-order valence-corrected chi connectivity index (χ4v) is 3.93. The molecule has 2 rings (SSSR count). The number of rotatable bonds is 6. The fourth-order valence-electron chi connectivity index (χ4n) is 2.63. The summed E-state index contributed by atoms with van der Waals surface area (Å²) in [7, 11) is 0. The standard InChI is InChI=1S/C14H25N3S/c1-4-7-15-14(12-6-9-18-10-12)13-5-8-16-17(13)11(2)3/h5,8,11-12,14-15H,4,6-7,9-10H2,1-3H3. The molecule has 18 heavy (non-hydrogen) atoms. The predicted octanol–water partition coefficient (Wildman–Crippen LogP) is 3.26. The van der Waals surface area contributed by atoms with Gasteiger partial charge in [0.2, 0.25) is 0 Å². The van der Waals surface area contributed by atoms with E-state index < -0.39 is 0 Å². The number of nitrogens with one attached hydrogen (secondary N) is 1. The SMILES string of the molecule is CCCNC(c1ccnn1C(C)C)C1CCSC1. The Morgan fingerprint density at radius 3 is 3.00 bits per heavy atom. The highest BCUT2D eigenvalue weighted by atomic mass is 32.2. The number of hydrogen-bond donors (Lipinski definition) is 1. The highest BCUT2D eigenvalue weighted by Crippen LogP contribution is 2.34. The number of hydrogen-bond acceptors (Lipinski definition) is 3. The maximum atomic E-state index is 4.49. The van der Waals surface area contributed by atoms with Crippen LogP contribution in [-0.4, -0.2) is 27.8 Å². The molecule has 1 aliphatic rings. The highest BCUT2D eigenvalue weighted by molar-refractivity contribution is 7.99. The molecule has 2 atom stereocenters. The molecule has 0 aliphatic carbocycles. The molecule has 0 radical (unpaired) electrons. The van der Waals surface area contributed by atoms with Gasteiger partial charge in [0.15, 0.2) is 0 Å². The quantitative estimate of drug-likeness (QED) is 0.858. The van der Waals surface area contributed by atoms with Crippen molar-refractivity contribution < 1.29 is 0 Å². The first kappa shape index (κ1) is 13.9. The Balaban J connectivity index is 2.18. The molecule has 1 fully saturated rings.